The van der Waals surface area contributed by atoms with E-state index in [9.17, 15) is 8.42 Å². The lowest BCUT2D eigenvalue weighted by atomic mass is 10.1. The van der Waals surface area contributed by atoms with E-state index in [1.54, 1.807) is 17.4 Å². The van der Waals surface area contributed by atoms with Crippen LogP contribution in [0.2, 0.25) is 0 Å². The van der Waals surface area contributed by atoms with Gasteiger partial charge in [0, 0.05) is 18.0 Å². The lowest BCUT2D eigenvalue weighted by Gasteiger charge is -2.30. The van der Waals surface area contributed by atoms with E-state index in [0.717, 1.165) is 30.8 Å². The van der Waals surface area contributed by atoms with Gasteiger partial charge in [0.25, 0.3) is 10.0 Å². The molecule has 1 aromatic rings. The minimum absolute atomic E-state index is 0. The molecule has 0 atom stereocenters. The number of nitrogens with one attached hydrogen (secondary N) is 1. The fourth-order valence-corrected chi connectivity index (χ4v) is 4.94. The van der Waals surface area contributed by atoms with Crippen molar-refractivity contribution in [3.63, 3.8) is 0 Å². The zero-order chi connectivity index (χ0) is 12.5. The molecule has 4 nitrogen and oxygen atoms in total. The fraction of sp³-hybridized carbons (Fsp3) is 0.636. The average molecular weight is 311 g/mol. The Balaban J connectivity index is 0.00000162. The third-order valence-corrected chi connectivity index (χ3v) is 6.55. The minimum Gasteiger partial charge on any atom is -0.317 e. The molecule has 0 unspecified atom stereocenters. The molecule has 1 aliphatic rings. The van der Waals surface area contributed by atoms with Crippen molar-refractivity contribution in [1.29, 1.82) is 0 Å². The van der Waals surface area contributed by atoms with E-state index in [0.29, 0.717) is 4.21 Å². The minimum atomic E-state index is -3.29. The van der Waals surface area contributed by atoms with Crippen molar-refractivity contribution in [2.24, 2.45) is 0 Å². The largest absolute Gasteiger partial charge is 0.317 e. The molecular formula is C11H19ClN2O2S2. The van der Waals surface area contributed by atoms with Crippen LogP contribution in [0.1, 0.15) is 17.7 Å². The molecular weight excluding hydrogens is 292 g/mol. The first-order chi connectivity index (χ1) is 8.01. The van der Waals surface area contributed by atoms with Gasteiger partial charge in [-0.2, -0.15) is 4.31 Å². The molecule has 1 fully saturated rings. The van der Waals surface area contributed by atoms with Crippen LogP contribution in [0.4, 0.5) is 0 Å². The van der Waals surface area contributed by atoms with Gasteiger partial charge < -0.3 is 5.32 Å². The maximum Gasteiger partial charge on any atom is 0.252 e. The zero-order valence-corrected chi connectivity index (χ0v) is 13.0. The number of nitrogens with zero attached hydrogens (tertiary/aromatic N) is 1. The van der Waals surface area contributed by atoms with Gasteiger partial charge in [-0.15, -0.1) is 23.7 Å². The third kappa shape index (κ3) is 3.24. The normalized spacial score (nSPS) is 17.7. The molecule has 1 aromatic heterocycles. The summed E-state index contributed by atoms with van der Waals surface area (Å²) >= 11 is 1.34. The Labute approximate surface area is 119 Å². The Morgan fingerprint density at radius 2 is 1.94 bits per heavy atom. The Kier molecular flexibility index (Phi) is 5.61. The summed E-state index contributed by atoms with van der Waals surface area (Å²) < 4.78 is 26.7. The molecule has 7 heteroatoms. The van der Waals surface area contributed by atoms with Crippen LogP contribution in [-0.2, 0) is 10.0 Å². The Morgan fingerprint density at radius 1 is 1.33 bits per heavy atom. The van der Waals surface area contributed by atoms with Gasteiger partial charge in [-0.25, -0.2) is 8.42 Å². The summed E-state index contributed by atoms with van der Waals surface area (Å²) in [4.78, 5) is 1.03. The van der Waals surface area contributed by atoms with Crippen molar-refractivity contribution in [3.8, 4) is 0 Å². The zero-order valence-electron chi connectivity index (χ0n) is 10.5. The molecule has 1 aliphatic heterocycles. The number of hydrogen-bond acceptors (Lipinski definition) is 4. The summed E-state index contributed by atoms with van der Waals surface area (Å²) in [5.74, 6) is 0. The summed E-state index contributed by atoms with van der Waals surface area (Å²) in [6.07, 6.45) is 1.78. The monoisotopic (exact) mass is 310 g/mol. The van der Waals surface area contributed by atoms with Crippen LogP contribution in [0.15, 0.2) is 16.3 Å². The Hall–Kier alpha value is -0.140. The quantitative estimate of drug-likeness (QED) is 0.927. The van der Waals surface area contributed by atoms with Gasteiger partial charge in [0.05, 0.1) is 0 Å². The molecule has 1 saturated heterocycles. The van der Waals surface area contributed by atoms with Crippen LogP contribution in [-0.4, -0.2) is 38.9 Å². The van der Waals surface area contributed by atoms with Crippen molar-refractivity contribution in [2.45, 2.75) is 30.0 Å². The predicted octanol–water partition coefficient (Wildman–Crippen LogP) is 1.85. The number of thiophene rings is 1. The van der Waals surface area contributed by atoms with Crippen LogP contribution < -0.4 is 5.32 Å². The van der Waals surface area contributed by atoms with Crippen molar-refractivity contribution in [3.05, 3.63) is 17.0 Å². The molecule has 0 aliphatic carbocycles. The topological polar surface area (TPSA) is 49.4 Å². The van der Waals surface area contributed by atoms with Gasteiger partial charge in [-0.05, 0) is 45.0 Å². The second-order valence-electron chi connectivity index (χ2n) is 4.37. The smallest absolute Gasteiger partial charge is 0.252 e. The summed E-state index contributed by atoms with van der Waals surface area (Å²) in [6, 6.07) is 3.68. The van der Waals surface area contributed by atoms with E-state index < -0.39 is 10.0 Å². The number of hydrogen-bond donors (Lipinski definition) is 1. The second kappa shape index (κ2) is 6.34. The molecule has 0 spiro atoms. The first-order valence-corrected chi connectivity index (χ1v) is 8.02. The van der Waals surface area contributed by atoms with Gasteiger partial charge in [0.15, 0.2) is 0 Å². The highest BCUT2D eigenvalue weighted by Crippen LogP contribution is 2.26. The third-order valence-electron chi connectivity index (χ3n) is 3.17. The standard InChI is InChI=1S/C11H18N2O2S2.ClH/c1-9-3-4-11(16-9)17(14,15)13(2)10-5-7-12-8-6-10;/h3-4,10,12H,5-8H2,1-2H3;1H. The first-order valence-electron chi connectivity index (χ1n) is 5.77. The van der Waals surface area contributed by atoms with Crippen molar-refractivity contribution in [1.82, 2.24) is 9.62 Å². The molecule has 0 aromatic carbocycles. The van der Waals surface area contributed by atoms with Gasteiger partial charge in [0.1, 0.15) is 4.21 Å². The highest BCUT2D eigenvalue weighted by molar-refractivity contribution is 7.91. The lowest BCUT2D eigenvalue weighted by Crippen LogP contribution is -2.43. The fourth-order valence-electron chi connectivity index (χ4n) is 2.06. The van der Waals surface area contributed by atoms with E-state index in [2.05, 4.69) is 5.32 Å². The van der Waals surface area contributed by atoms with Crippen LogP contribution in [0.5, 0.6) is 0 Å². The van der Waals surface area contributed by atoms with E-state index in [1.807, 2.05) is 13.0 Å². The molecule has 104 valence electrons. The van der Waals surface area contributed by atoms with Crippen LogP contribution in [0, 0.1) is 6.92 Å². The van der Waals surface area contributed by atoms with Gasteiger partial charge in [0.2, 0.25) is 0 Å². The van der Waals surface area contributed by atoms with Gasteiger partial charge >= 0.3 is 0 Å². The van der Waals surface area contributed by atoms with E-state index in [4.69, 9.17) is 0 Å². The van der Waals surface area contributed by atoms with Gasteiger partial charge in [-0.1, -0.05) is 0 Å². The number of halogens is 1. The molecule has 0 bridgehead atoms. The predicted molar refractivity (Wildman–Crippen MR) is 77.1 cm³/mol. The van der Waals surface area contributed by atoms with Crippen molar-refractivity contribution >= 4 is 33.8 Å². The van der Waals surface area contributed by atoms with Crippen LogP contribution in [0.3, 0.4) is 0 Å². The lowest BCUT2D eigenvalue weighted by molar-refractivity contribution is 0.297. The number of rotatable bonds is 3. The number of piperidine rings is 1. The Bertz CT molecular complexity index is 481. The SMILES string of the molecule is Cc1ccc(S(=O)(=O)N(C)C2CCNCC2)s1.Cl. The first kappa shape index (κ1) is 15.9. The Morgan fingerprint density at radius 3 is 2.44 bits per heavy atom. The average Bonchev–Trinajstić information content (AvgIpc) is 2.77. The van der Waals surface area contributed by atoms with Crippen LogP contribution in [0.25, 0.3) is 0 Å². The molecule has 1 N–H and O–H groups in total. The highest BCUT2D eigenvalue weighted by atomic mass is 35.5. The highest BCUT2D eigenvalue weighted by Gasteiger charge is 2.29. The van der Waals surface area contributed by atoms with Crippen molar-refractivity contribution < 1.29 is 8.42 Å². The molecule has 2 rings (SSSR count). The molecule has 2 heterocycles. The summed E-state index contributed by atoms with van der Waals surface area (Å²) in [7, 11) is -1.60. The summed E-state index contributed by atoms with van der Waals surface area (Å²) in [5, 5.41) is 3.25. The molecule has 0 saturated carbocycles. The van der Waals surface area contributed by atoms with Crippen LogP contribution >= 0.6 is 23.7 Å². The number of sulfonamides is 1. The molecule has 18 heavy (non-hydrogen) atoms. The molecule has 0 radical (unpaired) electrons. The summed E-state index contributed by atoms with van der Waals surface area (Å²) in [6.45, 7) is 3.72. The molecule has 0 amide bonds. The van der Waals surface area contributed by atoms with Gasteiger partial charge in [-0.3, -0.25) is 0 Å². The maximum atomic E-state index is 12.4. The summed E-state index contributed by atoms with van der Waals surface area (Å²) in [5.41, 5.74) is 0. The van der Waals surface area contributed by atoms with E-state index in [-0.39, 0.29) is 18.4 Å². The van der Waals surface area contributed by atoms with E-state index in [1.165, 1.54) is 11.3 Å². The number of aryl methyl sites for hydroxylation is 1. The second-order valence-corrected chi connectivity index (χ2v) is 7.88. The van der Waals surface area contributed by atoms with E-state index >= 15 is 0 Å². The maximum absolute atomic E-state index is 12.4. The van der Waals surface area contributed by atoms with Crippen molar-refractivity contribution in [2.75, 3.05) is 20.1 Å².